The van der Waals surface area contributed by atoms with E-state index in [1.54, 1.807) is 6.33 Å². The molecule has 2 N–H and O–H groups in total. The van der Waals surface area contributed by atoms with Crippen molar-refractivity contribution in [3.05, 3.63) is 71.5 Å². The van der Waals surface area contributed by atoms with Gasteiger partial charge < -0.3 is 20.1 Å². The molecule has 0 radical (unpaired) electrons. The summed E-state index contributed by atoms with van der Waals surface area (Å²) >= 11 is 0. The molecule has 0 saturated carbocycles. The van der Waals surface area contributed by atoms with Crippen LogP contribution >= 0.6 is 0 Å². The largest absolute Gasteiger partial charge is 0.454 e. The summed E-state index contributed by atoms with van der Waals surface area (Å²) in [5, 5.41) is 6.65. The van der Waals surface area contributed by atoms with Crippen molar-refractivity contribution < 1.29 is 9.47 Å². The fourth-order valence-corrected chi connectivity index (χ4v) is 2.81. The van der Waals surface area contributed by atoms with Crippen molar-refractivity contribution in [1.82, 2.24) is 9.97 Å². The number of ether oxygens (including phenoxy) is 2. The molecule has 6 heteroatoms. The number of aromatic nitrogens is 2. The number of nitrogens with one attached hydrogen (secondary N) is 2. The molecule has 1 aromatic heterocycles. The van der Waals surface area contributed by atoms with Gasteiger partial charge in [0.1, 0.15) is 18.0 Å². The molecule has 0 atom stereocenters. The molecule has 26 heavy (non-hydrogen) atoms. The minimum atomic E-state index is 0.286. The van der Waals surface area contributed by atoms with Gasteiger partial charge in [-0.05, 0) is 30.2 Å². The standard InChI is InChI=1S/C20H20N4O2/c1-14-3-2-4-15(7-14)10-21-19-9-20(24-12-23-19)22-11-16-5-6-17-18(8-16)26-13-25-17/h2-9,12H,10-11,13H2,1H3,(H2,21,22,23,24). The molecule has 0 bridgehead atoms. The van der Waals surface area contributed by atoms with Crippen LogP contribution < -0.4 is 20.1 Å². The number of rotatable bonds is 6. The van der Waals surface area contributed by atoms with Gasteiger partial charge in [0, 0.05) is 19.2 Å². The predicted octanol–water partition coefficient (Wildman–Crippen LogP) is 3.74. The lowest BCUT2D eigenvalue weighted by molar-refractivity contribution is 0.174. The SMILES string of the molecule is Cc1cccc(CNc2cc(NCc3ccc4c(c3)OCO4)ncn2)c1. The maximum atomic E-state index is 5.41. The zero-order chi connectivity index (χ0) is 17.8. The normalized spacial score (nSPS) is 12.0. The number of hydrogen-bond acceptors (Lipinski definition) is 6. The van der Waals surface area contributed by atoms with Gasteiger partial charge in [-0.25, -0.2) is 9.97 Å². The molecular weight excluding hydrogens is 328 g/mol. The van der Waals surface area contributed by atoms with Crippen molar-refractivity contribution in [2.45, 2.75) is 20.0 Å². The van der Waals surface area contributed by atoms with Gasteiger partial charge in [-0.1, -0.05) is 35.9 Å². The smallest absolute Gasteiger partial charge is 0.231 e. The van der Waals surface area contributed by atoms with E-state index in [0.717, 1.165) is 35.2 Å². The van der Waals surface area contributed by atoms with Crippen LogP contribution in [0.2, 0.25) is 0 Å². The van der Waals surface area contributed by atoms with Crippen LogP contribution in [0.4, 0.5) is 11.6 Å². The van der Waals surface area contributed by atoms with Crippen LogP contribution in [-0.4, -0.2) is 16.8 Å². The van der Waals surface area contributed by atoms with Gasteiger partial charge in [-0.3, -0.25) is 0 Å². The molecule has 2 aromatic carbocycles. The Morgan fingerprint density at radius 3 is 2.35 bits per heavy atom. The second-order valence-electron chi connectivity index (χ2n) is 6.17. The van der Waals surface area contributed by atoms with Gasteiger partial charge >= 0.3 is 0 Å². The summed E-state index contributed by atoms with van der Waals surface area (Å²) in [6.45, 7) is 3.74. The van der Waals surface area contributed by atoms with Crippen molar-refractivity contribution in [2.24, 2.45) is 0 Å². The molecule has 0 saturated heterocycles. The van der Waals surface area contributed by atoms with Crippen LogP contribution in [0.25, 0.3) is 0 Å². The van der Waals surface area contributed by atoms with E-state index in [-0.39, 0.29) is 6.79 Å². The molecule has 1 aliphatic heterocycles. The van der Waals surface area contributed by atoms with Gasteiger partial charge in [-0.15, -0.1) is 0 Å². The van der Waals surface area contributed by atoms with Gasteiger partial charge in [0.2, 0.25) is 6.79 Å². The van der Waals surface area contributed by atoms with E-state index in [1.165, 1.54) is 11.1 Å². The Kier molecular flexibility index (Phi) is 4.55. The number of aryl methyl sites for hydroxylation is 1. The molecule has 1 aliphatic rings. The molecular formula is C20H20N4O2. The van der Waals surface area contributed by atoms with E-state index in [9.17, 15) is 0 Å². The highest BCUT2D eigenvalue weighted by Crippen LogP contribution is 2.32. The highest BCUT2D eigenvalue weighted by Gasteiger charge is 2.13. The summed E-state index contributed by atoms with van der Waals surface area (Å²) in [4.78, 5) is 8.56. The first kappa shape index (κ1) is 16.2. The Labute approximate surface area is 152 Å². The summed E-state index contributed by atoms with van der Waals surface area (Å²) in [7, 11) is 0. The topological polar surface area (TPSA) is 68.3 Å². The summed E-state index contributed by atoms with van der Waals surface area (Å²) in [5.41, 5.74) is 3.57. The minimum Gasteiger partial charge on any atom is -0.454 e. The van der Waals surface area contributed by atoms with Crippen molar-refractivity contribution in [1.29, 1.82) is 0 Å². The summed E-state index contributed by atoms with van der Waals surface area (Å²) in [6.07, 6.45) is 1.56. The van der Waals surface area contributed by atoms with Crippen molar-refractivity contribution in [2.75, 3.05) is 17.4 Å². The fourth-order valence-electron chi connectivity index (χ4n) is 2.81. The van der Waals surface area contributed by atoms with E-state index in [4.69, 9.17) is 9.47 Å². The highest BCUT2D eigenvalue weighted by atomic mass is 16.7. The number of hydrogen-bond donors (Lipinski definition) is 2. The number of benzene rings is 2. The van der Waals surface area contributed by atoms with Crippen molar-refractivity contribution in [3.8, 4) is 11.5 Å². The lowest BCUT2D eigenvalue weighted by Crippen LogP contribution is -2.05. The lowest BCUT2D eigenvalue weighted by Gasteiger charge is -2.09. The third-order valence-corrected chi connectivity index (χ3v) is 4.13. The summed E-state index contributed by atoms with van der Waals surface area (Å²) in [6, 6.07) is 16.2. The van der Waals surface area contributed by atoms with E-state index in [2.05, 4.69) is 51.8 Å². The number of nitrogens with zero attached hydrogens (tertiary/aromatic N) is 2. The Hall–Kier alpha value is -3.28. The molecule has 0 amide bonds. The monoisotopic (exact) mass is 348 g/mol. The molecule has 2 heterocycles. The van der Waals surface area contributed by atoms with E-state index in [0.29, 0.717) is 6.54 Å². The second kappa shape index (κ2) is 7.31. The fraction of sp³-hybridized carbons (Fsp3) is 0.200. The van der Waals surface area contributed by atoms with Crippen LogP contribution in [0.1, 0.15) is 16.7 Å². The van der Waals surface area contributed by atoms with Crippen LogP contribution in [0.3, 0.4) is 0 Å². The molecule has 132 valence electrons. The van der Waals surface area contributed by atoms with E-state index < -0.39 is 0 Å². The molecule has 0 spiro atoms. The van der Waals surface area contributed by atoms with Crippen LogP contribution in [0, 0.1) is 6.92 Å². The molecule has 4 rings (SSSR count). The van der Waals surface area contributed by atoms with E-state index >= 15 is 0 Å². The lowest BCUT2D eigenvalue weighted by atomic mass is 10.1. The first-order valence-electron chi connectivity index (χ1n) is 8.50. The average molecular weight is 348 g/mol. The third-order valence-electron chi connectivity index (χ3n) is 4.13. The average Bonchev–Trinajstić information content (AvgIpc) is 3.13. The Morgan fingerprint density at radius 2 is 1.58 bits per heavy atom. The number of fused-ring (bicyclic) bond motifs is 1. The van der Waals surface area contributed by atoms with Crippen molar-refractivity contribution >= 4 is 11.6 Å². The van der Waals surface area contributed by atoms with Crippen molar-refractivity contribution in [3.63, 3.8) is 0 Å². The zero-order valence-electron chi connectivity index (χ0n) is 14.5. The Morgan fingerprint density at radius 1 is 0.846 bits per heavy atom. The van der Waals surface area contributed by atoms with E-state index in [1.807, 2.05) is 24.3 Å². The van der Waals surface area contributed by atoms with Gasteiger partial charge in [0.05, 0.1) is 0 Å². The second-order valence-corrected chi connectivity index (χ2v) is 6.17. The summed E-state index contributed by atoms with van der Waals surface area (Å²) in [5.74, 6) is 3.13. The van der Waals surface area contributed by atoms with Gasteiger partial charge in [0.15, 0.2) is 11.5 Å². The minimum absolute atomic E-state index is 0.286. The maximum absolute atomic E-state index is 5.41. The first-order chi connectivity index (χ1) is 12.8. The molecule has 3 aromatic rings. The predicted molar refractivity (Wildman–Crippen MR) is 100 cm³/mol. The van der Waals surface area contributed by atoms with Gasteiger partial charge in [-0.2, -0.15) is 0 Å². The van der Waals surface area contributed by atoms with Crippen LogP contribution in [0.5, 0.6) is 11.5 Å². The molecule has 0 unspecified atom stereocenters. The molecule has 6 nitrogen and oxygen atoms in total. The summed E-state index contributed by atoms with van der Waals surface area (Å²) < 4.78 is 10.7. The Balaban J connectivity index is 1.36. The highest BCUT2D eigenvalue weighted by molar-refractivity contribution is 5.49. The quantitative estimate of drug-likeness (QED) is 0.707. The first-order valence-corrected chi connectivity index (χ1v) is 8.50. The Bertz CT molecular complexity index is 914. The molecule has 0 fully saturated rings. The van der Waals surface area contributed by atoms with Gasteiger partial charge in [0.25, 0.3) is 0 Å². The molecule has 0 aliphatic carbocycles. The third kappa shape index (κ3) is 3.85. The van der Waals surface area contributed by atoms with Crippen LogP contribution in [0.15, 0.2) is 54.9 Å². The van der Waals surface area contributed by atoms with Crippen LogP contribution in [-0.2, 0) is 13.1 Å². The number of anilines is 2. The maximum Gasteiger partial charge on any atom is 0.231 e. The zero-order valence-corrected chi connectivity index (χ0v) is 14.5.